The number of nitrogens with zero attached hydrogens (tertiary/aromatic N) is 2. The van der Waals surface area contributed by atoms with Crippen LogP contribution in [0, 0.1) is 5.92 Å². The van der Waals surface area contributed by atoms with Gasteiger partial charge in [-0.1, -0.05) is 57.9 Å². The van der Waals surface area contributed by atoms with Gasteiger partial charge in [0, 0.05) is 31.7 Å². The van der Waals surface area contributed by atoms with Gasteiger partial charge < -0.3 is 19.3 Å². The Balaban J connectivity index is 1.67. The van der Waals surface area contributed by atoms with Crippen molar-refractivity contribution in [3.05, 3.63) is 53.2 Å². The monoisotopic (exact) mass is 498 g/mol. The van der Waals surface area contributed by atoms with E-state index in [0.717, 1.165) is 12.0 Å². The van der Waals surface area contributed by atoms with Gasteiger partial charge in [0.2, 0.25) is 12.3 Å². The Hall–Kier alpha value is -2.97. The third kappa shape index (κ3) is 7.51. The number of ether oxygens (including phenoxy) is 3. The van der Waals surface area contributed by atoms with Gasteiger partial charge in [-0.15, -0.1) is 0 Å². The third-order valence-electron chi connectivity index (χ3n) is 6.18. The van der Waals surface area contributed by atoms with Gasteiger partial charge in [0.25, 0.3) is 0 Å². The molecule has 1 N–H and O–H groups in total. The lowest BCUT2D eigenvalue weighted by molar-refractivity contribution is -0.152. The molecule has 0 spiro atoms. The molecule has 1 amide bonds. The summed E-state index contributed by atoms with van der Waals surface area (Å²) in [6.07, 6.45) is 6.97. The molecule has 1 aromatic carbocycles. The second kappa shape index (κ2) is 13.4. The topological polar surface area (TPSA) is 97.7 Å². The molecule has 3 rings (SSSR count). The third-order valence-corrected chi connectivity index (χ3v) is 6.18. The molecule has 1 aromatic rings. The Labute approximate surface area is 213 Å². The zero-order valence-corrected chi connectivity index (χ0v) is 21.7. The van der Waals surface area contributed by atoms with Gasteiger partial charge in [-0.05, 0) is 30.4 Å². The van der Waals surface area contributed by atoms with Crippen LogP contribution in [0.25, 0.3) is 5.76 Å². The molecule has 0 saturated carbocycles. The summed E-state index contributed by atoms with van der Waals surface area (Å²) >= 11 is 0. The first-order valence-corrected chi connectivity index (χ1v) is 12.7. The van der Waals surface area contributed by atoms with Crippen LogP contribution in [0.2, 0.25) is 0 Å². The van der Waals surface area contributed by atoms with Crippen LogP contribution >= 0.6 is 0 Å². The number of aliphatic hydroxyl groups is 1. The van der Waals surface area contributed by atoms with E-state index < -0.39 is 18.4 Å². The summed E-state index contributed by atoms with van der Waals surface area (Å²) in [4.78, 5) is 29.3. The molecule has 1 fully saturated rings. The first-order chi connectivity index (χ1) is 17.3. The van der Waals surface area contributed by atoms with Crippen molar-refractivity contribution in [1.82, 2.24) is 4.90 Å². The summed E-state index contributed by atoms with van der Waals surface area (Å²) in [5.74, 6) is 0.885. The summed E-state index contributed by atoms with van der Waals surface area (Å²) in [7, 11) is 1.62. The summed E-state index contributed by atoms with van der Waals surface area (Å²) in [5, 5.41) is 10.4. The van der Waals surface area contributed by atoms with Crippen LogP contribution < -0.4 is 0 Å². The molecule has 3 unspecified atom stereocenters. The highest BCUT2D eigenvalue weighted by Crippen LogP contribution is 2.29. The molecule has 36 heavy (non-hydrogen) atoms. The van der Waals surface area contributed by atoms with Crippen molar-refractivity contribution in [1.29, 1.82) is 0 Å². The molecule has 0 aromatic heterocycles. The number of unbranched alkanes of at least 4 members (excludes halogenated alkanes) is 2. The van der Waals surface area contributed by atoms with Crippen molar-refractivity contribution >= 4 is 24.0 Å². The van der Waals surface area contributed by atoms with Crippen molar-refractivity contribution in [3.8, 4) is 0 Å². The van der Waals surface area contributed by atoms with Gasteiger partial charge >= 0.3 is 5.97 Å². The standard InChI is InChI=1S/C28H38N2O6/c1-5-6-7-8-20-9-11-21(12-10-20)24-14-22(28(29-4)36-24)16-30(18-31)26-15-23(32)25(35-26)17-34-27(33)13-19(2)3/h9-12,14,16,18-19,23,25-26,32H,5-8,13,15,17H2,1-4H3/b22-16-,29-28?. The predicted octanol–water partition coefficient (Wildman–Crippen LogP) is 4.23. The van der Waals surface area contributed by atoms with Crippen LogP contribution in [0.1, 0.15) is 64.0 Å². The molecule has 0 bridgehead atoms. The van der Waals surface area contributed by atoms with Gasteiger partial charge in [-0.25, -0.2) is 0 Å². The normalized spacial score (nSPS) is 23.7. The Bertz CT molecular complexity index is 982. The number of esters is 1. The molecular formula is C28H38N2O6. The minimum absolute atomic E-state index is 0.0598. The molecule has 2 heterocycles. The first-order valence-electron chi connectivity index (χ1n) is 12.7. The van der Waals surface area contributed by atoms with Crippen LogP contribution in [0.15, 0.2) is 47.1 Å². The average molecular weight is 499 g/mol. The van der Waals surface area contributed by atoms with Crippen molar-refractivity contribution in [3.63, 3.8) is 0 Å². The fourth-order valence-electron chi connectivity index (χ4n) is 4.18. The molecule has 2 aliphatic heterocycles. The van der Waals surface area contributed by atoms with Crippen LogP contribution in [-0.2, 0) is 30.2 Å². The fourth-order valence-corrected chi connectivity index (χ4v) is 4.18. The highest BCUT2D eigenvalue weighted by molar-refractivity contribution is 6.05. The number of aliphatic imine (C=N–C) groups is 1. The highest BCUT2D eigenvalue weighted by atomic mass is 16.6. The Morgan fingerprint density at radius 2 is 2.03 bits per heavy atom. The van der Waals surface area contributed by atoms with Crippen LogP contribution in [0.4, 0.5) is 0 Å². The maximum Gasteiger partial charge on any atom is 0.306 e. The highest BCUT2D eigenvalue weighted by Gasteiger charge is 2.38. The number of carbonyl (C=O) groups excluding carboxylic acids is 2. The van der Waals surface area contributed by atoms with Crippen LogP contribution in [-0.4, -0.2) is 60.4 Å². The van der Waals surface area contributed by atoms with Crippen molar-refractivity contribution in [2.75, 3.05) is 13.7 Å². The van der Waals surface area contributed by atoms with Crippen molar-refractivity contribution < 1.29 is 28.9 Å². The number of amides is 1. The molecule has 8 heteroatoms. The SMILES string of the molecule is CCCCCc1ccc(C2=C/C(=C/N(C=O)C3CC(O)C(COC(=O)CC(C)C)O3)C(=NC)O2)cc1. The average Bonchev–Trinajstić information content (AvgIpc) is 3.44. The Morgan fingerprint density at radius 1 is 1.28 bits per heavy atom. The van der Waals surface area contributed by atoms with Crippen LogP contribution in [0.5, 0.6) is 0 Å². The van der Waals surface area contributed by atoms with Crippen molar-refractivity contribution in [2.24, 2.45) is 10.9 Å². The number of rotatable bonds is 12. The maximum absolute atomic E-state index is 11.9. The Morgan fingerprint density at radius 3 is 2.67 bits per heavy atom. The molecule has 1 saturated heterocycles. The first kappa shape index (κ1) is 27.6. The van der Waals surface area contributed by atoms with E-state index >= 15 is 0 Å². The molecular weight excluding hydrogens is 460 g/mol. The van der Waals surface area contributed by atoms with Gasteiger partial charge in [-0.3, -0.25) is 19.5 Å². The molecule has 0 radical (unpaired) electrons. The summed E-state index contributed by atoms with van der Waals surface area (Å²) in [6, 6.07) is 8.28. The smallest absolute Gasteiger partial charge is 0.306 e. The zero-order valence-electron chi connectivity index (χ0n) is 21.7. The fraction of sp³-hybridized carbons (Fsp3) is 0.536. The lowest BCUT2D eigenvalue weighted by atomic mass is 10.0. The summed E-state index contributed by atoms with van der Waals surface area (Å²) in [5.41, 5.74) is 2.84. The lowest BCUT2D eigenvalue weighted by Crippen LogP contribution is -2.31. The second-order valence-corrected chi connectivity index (χ2v) is 9.64. The van der Waals surface area contributed by atoms with E-state index in [1.165, 1.54) is 29.7 Å². The Kier molecular flexibility index (Phi) is 10.3. The van der Waals surface area contributed by atoms with E-state index in [-0.39, 0.29) is 24.9 Å². The predicted molar refractivity (Wildman–Crippen MR) is 138 cm³/mol. The molecule has 8 nitrogen and oxygen atoms in total. The molecule has 2 aliphatic rings. The summed E-state index contributed by atoms with van der Waals surface area (Å²) < 4.78 is 17.0. The van der Waals surface area contributed by atoms with E-state index in [4.69, 9.17) is 14.2 Å². The van der Waals surface area contributed by atoms with Gasteiger partial charge in [0.15, 0.2) is 0 Å². The van der Waals surface area contributed by atoms with Gasteiger partial charge in [0.05, 0.1) is 11.7 Å². The van der Waals surface area contributed by atoms with E-state index in [1.54, 1.807) is 13.2 Å². The lowest BCUT2D eigenvalue weighted by Gasteiger charge is -2.21. The minimum Gasteiger partial charge on any atom is -0.463 e. The van der Waals surface area contributed by atoms with Gasteiger partial charge in [-0.2, -0.15) is 0 Å². The number of carbonyl (C=O) groups is 2. The molecule has 0 aliphatic carbocycles. The van der Waals surface area contributed by atoms with E-state index in [2.05, 4.69) is 24.0 Å². The number of aliphatic hydroxyl groups excluding tert-OH is 1. The number of aryl methyl sites for hydroxylation is 1. The minimum atomic E-state index is -0.858. The quantitative estimate of drug-likeness (QED) is 0.263. The van der Waals surface area contributed by atoms with E-state index in [0.29, 0.717) is 30.1 Å². The summed E-state index contributed by atoms with van der Waals surface area (Å²) in [6.45, 7) is 5.99. The zero-order chi connectivity index (χ0) is 26.1. The van der Waals surface area contributed by atoms with E-state index in [1.807, 2.05) is 32.1 Å². The number of hydrogen-bond donors (Lipinski definition) is 1. The van der Waals surface area contributed by atoms with Crippen molar-refractivity contribution in [2.45, 2.75) is 77.7 Å². The molecule has 3 atom stereocenters. The second-order valence-electron chi connectivity index (χ2n) is 9.64. The van der Waals surface area contributed by atoms with Gasteiger partial charge in [0.1, 0.15) is 24.7 Å². The van der Waals surface area contributed by atoms with Crippen LogP contribution in [0.3, 0.4) is 0 Å². The maximum atomic E-state index is 11.9. The number of benzene rings is 1. The van der Waals surface area contributed by atoms with E-state index in [9.17, 15) is 14.7 Å². The largest absolute Gasteiger partial charge is 0.463 e. The molecule has 196 valence electrons. The number of hydrogen-bond acceptors (Lipinski definition) is 7.